The molecule has 0 heterocycles. The van der Waals surface area contributed by atoms with Crippen LogP contribution in [0.3, 0.4) is 0 Å². The molecule has 1 N–H and O–H groups in total. The lowest BCUT2D eigenvalue weighted by molar-refractivity contribution is -0.150. The van der Waals surface area contributed by atoms with E-state index < -0.39 is 22.2 Å². The Morgan fingerprint density at radius 1 is 0.958 bits per heavy atom. The second kappa shape index (κ2) is 14.9. The van der Waals surface area contributed by atoms with Crippen LogP contribution in [0.4, 0.5) is 0 Å². The monoisotopic (exact) mass is 703 g/mol. The van der Waals surface area contributed by atoms with Gasteiger partial charge in [0.15, 0.2) is 16.6 Å². The third-order valence-corrected chi connectivity index (χ3v) is 22.2. The number of hydrogen-bond acceptors (Lipinski definition) is 5. The summed E-state index contributed by atoms with van der Waals surface area (Å²) in [6, 6.07) is 0. The second-order valence-corrected chi connectivity index (χ2v) is 29.3. The van der Waals surface area contributed by atoms with Crippen LogP contribution in [-0.4, -0.2) is 51.6 Å². The fourth-order valence-electron chi connectivity index (χ4n) is 8.39. The Labute approximate surface area is 298 Å². The normalized spacial score (nSPS) is 31.7. The first kappa shape index (κ1) is 41.4. The summed E-state index contributed by atoms with van der Waals surface area (Å²) < 4.78 is 20.2. The first-order valence-electron chi connectivity index (χ1n) is 19.0. The van der Waals surface area contributed by atoms with Crippen molar-refractivity contribution in [3.05, 3.63) is 35.5 Å². The van der Waals surface area contributed by atoms with Crippen LogP contribution in [0, 0.1) is 23.2 Å². The molecule has 0 spiro atoms. The molecule has 0 aromatic heterocycles. The van der Waals surface area contributed by atoms with E-state index >= 15 is 0 Å². The SMILES string of the molecule is C=C1/C(=C\C=C2/C[C@H](OC(C)=O)C[C@]3(C)[C@@H]([C@H](C)CCCC(C)(C)O)CC[C@@H]23)C[C@@H](O[Si](C)(C)C(C)(C)C)C[C@@H]1O[Si](C)(C)C(C)(C)C. The quantitative estimate of drug-likeness (QED) is 0.171. The Morgan fingerprint density at radius 2 is 1.54 bits per heavy atom. The summed E-state index contributed by atoms with van der Waals surface area (Å²) in [5.41, 5.74) is 3.21. The predicted octanol–water partition coefficient (Wildman–Crippen LogP) is 11.3. The summed E-state index contributed by atoms with van der Waals surface area (Å²) in [6.07, 6.45) is 13.4. The van der Waals surface area contributed by atoms with Crippen molar-refractivity contribution in [2.45, 2.75) is 194 Å². The molecule has 0 aromatic rings. The van der Waals surface area contributed by atoms with Gasteiger partial charge in [-0.25, -0.2) is 0 Å². The van der Waals surface area contributed by atoms with E-state index in [2.05, 4.69) is 100 Å². The highest BCUT2D eigenvalue weighted by atomic mass is 28.4. The minimum atomic E-state index is -2.05. The van der Waals surface area contributed by atoms with E-state index in [4.69, 9.17) is 13.6 Å². The maximum absolute atomic E-state index is 12.2. The molecule has 0 unspecified atom stereocenters. The number of fused-ring (bicyclic) bond motifs is 1. The lowest BCUT2D eigenvalue weighted by atomic mass is 9.60. The smallest absolute Gasteiger partial charge is 0.302 e. The van der Waals surface area contributed by atoms with E-state index in [0.29, 0.717) is 17.8 Å². The van der Waals surface area contributed by atoms with Crippen molar-refractivity contribution in [3.63, 3.8) is 0 Å². The average Bonchev–Trinajstić information content (AvgIpc) is 3.23. The van der Waals surface area contributed by atoms with Crippen molar-refractivity contribution in [2.75, 3.05) is 0 Å². The first-order valence-corrected chi connectivity index (χ1v) is 24.8. The van der Waals surface area contributed by atoms with Crippen molar-refractivity contribution in [1.82, 2.24) is 0 Å². The standard InChI is InChI=1S/C41H74O5Si2/c1-28(18-17-23-40(10,11)43)35-21-22-36-32(25-34(44-30(3)42)27-41(35,36)12)20-19-31-24-33(45-47(13,14)38(4,5)6)26-37(29(31)2)46-48(15,16)39(7,8)9/h19-20,28,33-37,43H,2,17-18,21-27H2,1,3-16H3/b31-19-,32-20+/t28-,33-,34+,35-,36+,37+,41-/m1/s1. The van der Waals surface area contributed by atoms with Crippen molar-refractivity contribution >= 4 is 22.6 Å². The molecule has 0 radical (unpaired) electrons. The minimum absolute atomic E-state index is 0.0508. The van der Waals surface area contributed by atoms with Crippen LogP contribution >= 0.6 is 0 Å². The molecule has 0 saturated heterocycles. The Kier molecular flexibility index (Phi) is 12.9. The largest absolute Gasteiger partial charge is 0.462 e. The summed E-state index contributed by atoms with van der Waals surface area (Å²) in [5, 5.41) is 10.5. The van der Waals surface area contributed by atoms with E-state index in [-0.39, 0.29) is 39.8 Å². The molecule has 0 aliphatic heterocycles. The number of aliphatic hydroxyl groups is 1. The number of allylic oxidation sites excluding steroid dienone is 2. The molecular formula is C41H74O5Si2. The fourth-order valence-corrected chi connectivity index (χ4v) is 11.1. The van der Waals surface area contributed by atoms with Gasteiger partial charge < -0.3 is 18.7 Å². The second-order valence-electron chi connectivity index (χ2n) is 19.8. The van der Waals surface area contributed by atoms with Crippen molar-refractivity contribution < 1.29 is 23.5 Å². The molecule has 276 valence electrons. The molecule has 0 bridgehead atoms. The molecule has 3 fully saturated rings. The lowest BCUT2D eigenvalue weighted by Gasteiger charge is -2.47. The van der Waals surface area contributed by atoms with Gasteiger partial charge in [0.05, 0.1) is 17.8 Å². The maximum Gasteiger partial charge on any atom is 0.302 e. The van der Waals surface area contributed by atoms with Gasteiger partial charge in [-0.1, -0.05) is 92.5 Å². The van der Waals surface area contributed by atoms with Crippen LogP contribution in [0.25, 0.3) is 0 Å². The van der Waals surface area contributed by atoms with Gasteiger partial charge >= 0.3 is 5.97 Å². The third-order valence-electron chi connectivity index (χ3n) is 13.2. The molecular weight excluding hydrogens is 629 g/mol. The summed E-state index contributed by atoms with van der Waals surface area (Å²) >= 11 is 0. The number of hydrogen-bond donors (Lipinski definition) is 1. The molecule has 7 atom stereocenters. The Hall–Kier alpha value is -0.996. The van der Waals surface area contributed by atoms with Crippen LogP contribution in [0.2, 0.25) is 36.3 Å². The number of esters is 1. The predicted molar refractivity (Wildman–Crippen MR) is 207 cm³/mol. The van der Waals surface area contributed by atoms with Gasteiger partial charge in [-0.05, 0) is 117 Å². The molecule has 3 aliphatic carbocycles. The van der Waals surface area contributed by atoms with Crippen molar-refractivity contribution in [3.8, 4) is 0 Å². The van der Waals surface area contributed by atoms with Gasteiger partial charge in [0, 0.05) is 19.8 Å². The Balaban J connectivity index is 1.98. The zero-order chi connectivity index (χ0) is 36.7. The molecule has 0 amide bonds. The molecule has 3 rings (SSSR count). The van der Waals surface area contributed by atoms with E-state index in [9.17, 15) is 9.90 Å². The molecule has 3 saturated carbocycles. The zero-order valence-corrected chi connectivity index (χ0v) is 35.8. The van der Waals surface area contributed by atoms with Gasteiger partial charge in [-0.2, -0.15) is 0 Å². The minimum Gasteiger partial charge on any atom is -0.462 e. The highest BCUT2D eigenvalue weighted by Gasteiger charge is 2.53. The van der Waals surface area contributed by atoms with Crippen LogP contribution in [0.15, 0.2) is 35.5 Å². The number of carbonyl (C=O) groups excluding carboxylic acids is 1. The van der Waals surface area contributed by atoms with E-state index in [1.54, 1.807) is 6.92 Å². The molecule has 3 aliphatic rings. The number of rotatable bonds is 11. The Morgan fingerprint density at radius 3 is 2.08 bits per heavy atom. The topological polar surface area (TPSA) is 65.0 Å². The highest BCUT2D eigenvalue weighted by Crippen LogP contribution is 2.60. The van der Waals surface area contributed by atoms with Crippen LogP contribution < -0.4 is 0 Å². The number of ether oxygens (including phenoxy) is 1. The van der Waals surface area contributed by atoms with Gasteiger partial charge in [0.1, 0.15) is 6.10 Å². The fraction of sp³-hybridized carbons (Fsp3) is 0.829. The summed E-state index contributed by atoms with van der Waals surface area (Å²) in [6.45, 7) is 38.1. The van der Waals surface area contributed by atoms with Gasteiger partial charge in [-0.3, -0.25) is 4.79 Å². The van der Waals surface area contributed by atoms with E-state index in [1.165, 1.54) is 24.0 Å². The molecule has 7 heteroatoms. The summed E-state index contributed by atoms with van der Waals surface area (Å²) in [5.74, 6) is 1.40. The van der Waals surface area contributed by atoms with Gasteiger partial charge in [0.2, 0.25) is 0 Å². The Bertz CT molecular complexity index is 1210. The van der Waals surface area contributed by atoms with Gasteiger partial charge in [-0.15, -0.1) is 0 Å². The van der Waals surface area contributed by atoms with E-state index in [1.807, 2.05) is 13.8 Å². The van der Waals surface area contributed by atoms with Crippen molar-refractivity contribution in [2.24, 2.45) is 23.2 Å². The van der Waals surface area contributed by atoms with Gasteiger partial charge in [0.25, 0.3) is 0 Å². The number of carbonyl (C=O) groups is 1. The van der Waals surface area contributed by atoms with Crippen LogP contribution in [0.5, 0.6) is 0 Å². The maximum atomic E-state index is 12.2. The summed E-state index contributed by atoms with van der Waals surface area (Å²) in [4.78, 5) is 12.2. The highest BCUT2D eigenvalue weighted by molar-refractivity contribution is 6.74. The van der Waals surface area contributed by atoms with E-state index in [0.717, 1.165) is 50.5 Å². The summed E-state index contributed by atoms with van der Waals surface area (Å²) in [7, 11) is -4.04. The van der Waals surface area contributed by atoms with Crippen molar-refractivity contribution in [1.29, 1.82) is 0 Å². The average molecular weight is 703 g/mol. The lowest BCUT2D eigenvalue weighted by Crippen LogP contribution is -2.49. The molecule has 5 nitrogen and oxygen atoms in total. The first-order chi connectivity index (χ1) is 21.7. The molecule has 0 aromatic carbocycles. The van der Waals surface area contributed by atoms with Crippen LogP contribution in [-0.2, 0) is 18.4 Å². The van der Waals surface area contributed by atoms with Crippen LogP contribution in [0.1, 0.15) is 134 Å². The molecule has 48 heavy (non-hydrogen) atoms. The zero-order valence-electron chi connectivity index (χ0n) is 33.8. The third kappa shape index (κ3) is 10.1.